The van der Waals surface area contributed by atoms with E-state index in [-0.39, 0.29) is 0 Å². The van der Waals surface area contributed by atoms with Crippen LogP contribution in [0.4, 0.5) is 0 Å². The van der Waals surface area contributed by atoms with Crippen LogP contribution in [0.25, 0.3) is 0 Å². The third-order valence-electron chi connectivity index (χ3n) is 4.74. The molecule has 0 fully saturated rings. The smallest absolute Gasteiger partial charge is 0.200 e. The van der Waals surface area contributed by atoms with Crippen molar-refractivity contribution in [1.82, 2.24) is 0 Å². The van der Waals surface area contributed by atoms with Crippen LogP contribution >= 0.6 is 41.2 Å². The monoisotopic (exact) mass is 562 g/mol. The minimum Gasteiger partial charge on any atom is -0.345 e. The van der Waals surface area contributed by atoms with E-state index in [1.165, 1.54) is 12.1 Å². The van der Waals surface area contributed by atoms with Crippen LogP contribution in [0, 0.1) is 0 Å². The van der Waals surface area contributed by atoms with Crippen molar-refractivity contribution in [3.63, 3.8) is 0 Å². The van der Waals surface area contributed by atoms with Gasteiger partial charge in [-0.15, -0.1) is 0 Å². The molecule has 0 amide bonds. The summed E-state index contributed by atoms with van der Waals surface area (Å²) in [5, 5.41) is 0. The van der Waals surface area contributed by atoms with Gasteiger partial charge in [0.25, 0.3) is 0 Å². The van der Waals surface area contributed by atoms with E-state index in [4.69, 9.17) is 18.9 Å². The molecule has 10 heteroatoms. The van der Waals surface area contributed by atoms with Crippen LogP contribution in [0.5, 0.6) is 0 Å². The molecule has 0 aliphatic carbocycles. The van der Waals surface area contributed by atoms with Crippen molar-refractivity contribution in [2.24, 2.45) is 0 Å². The van der Waals surface area contributed by atoms with Crippen molar-refractivity contribution >= 4 is 60.3 Å². The summed E-state index contributed by atoms with van der Waals surface area (Å²) in [6, 6.07) is 2.35. The van der Waals surface area contributed by atoms with E-state index < -0.39 is 28.5 Å². The molecule has 0 heterocycles. The summed E-state index contributed by atoms with van der Waals surface area (Å²) in [5.41, 5.74) is 0. The fraction of sp³-hybridized carbons (Fsp3) is 1.00. The standard InChI is InChI=1S/C22H50O4S4Si2/c1-7-13-17-23-21(31-11-5,24-18-14-8-2)27-29-30-28-22(32-12-6,25-19-15-9-3)26-20-16-10-4/h7-20,31-32H2,1-6H3. The first-order valence-electron chi connectivity index (χ1n) is 12.8. The number of ether oxygens (including phenoxy) is 4. The number of unbranched alkanes of at least 4 members (excludes halogenated alkanes) is 4. The Bertz CT molecular complexity index is 356. The highest BCUT2D eigenvalue weighted by Crippen LogP contribution is 2.53. The summed E-state index contributed by atoms with van der Waals surface area (Å²) in [4.78, 5) is 0. The van der Waals surface area contributed by atoms with Crippen molar-refractivity contribution in [2.45, 2.75) is 114 Å². The zero-order valence-corrected chi connectivity index (χ0v) is 27.7. The molecule has 4 nitrogen and oxygen atoms in total. The second-order valence-corrected chi connectivity index (χ2v) is 20.0. The topological polar surface area (TPSA) is 36.9 Å². The van der Waals surface area contributed by atoms with Gasteiger partial charge in [-0.2, -0.15) is 0 Å². The Morgan fingerprint density at radius 1 is 0.500 bits per heavy atom. The first kappa shape index (κ1) is 33.7. The van der Waals surface area contributed by atoms with Gasteiger partial charge in [0.2, 0.25) is 9.48 Å². The van der Waals surface area contributed by atoms with Gasteiger partial charge < -0.3 is 18.9 Å². The van der Waals surface area contributed by atoms with Crippen LogP contribution in [0.2, 0.25) is 12.1 Å². The lowest BCUT2D eigenvalue weighted by molar-refractivity contribution is -0.118. The molecule has 0 aliphatic rings. The van der Waals surface area contributed by atoms with Gasteiger partial charge in [-0.3, -0.25) is 0 Å². The van der Waals surface area contributed by atoms with E-state index in [0.29, 0.717) is 0 Å². The van der Waals surface area contributed by atoms with E-state index >= 15 is 0 Å². The number of rotatable bonds is 25. The predicted molar refractivity (Wildman–Crippen MR) is 157 cm³/mol. The van der Waals surface area contributed by atoms with Gasteiger partial charge in [-0.05, 0) is 66.9 Å². The van der Waals surface area contributed by atoms with E-state index in [9.17, 15) is 0 Å². The first-order chi connectivity index (χ1) is 15.6. The predicted octanol–water partition coefficient (Wildman–Crippen LogP) is 7.37. The molecule has 0 unspecified atom stereocenters. The van der Waals surface area contributed by atoms with Gasteiger partial charge in [0.05, 0.1) is 26.4 Å². The van der Waals surface area contributed by atoms with Crippen molar-refractivity contribution in [3.8, 4) is 0 Å². The Balaban J connectivity index is 5.04. The zero-order chi connectivity index (χ0) is 24.0. The van der Waals surface area contributed by atoms with Crippen molar-refractivity contribution in [2.75, 3.05) is 26.4 Å². The van der Waals surface area contributed by atoms with Crippen LogP contribution in [-0.4, -0.2) is 55.0 Å². The van der Waals surface area contributed by atoms with Crippen LogP contribution in [-0.2, 0) is 18.9 Å². The minimum absolute atomic E-state index is 0.422. The third kappa shape index (κ3) is 16.4. The Kier molecular flexibility index (Phi) is 24.3. The molecule has 32 heavy (non-hydrogen) atoms. The lowest BCUT2D eigenvalue weighted by Gasteiger charge is -2.34. The fourth-order valence-corrected chi connectivity index (χ4v) is 17.2. The van der Waals surface area contributed by atoms with Gasteiger partial charge >= 0.3 is 0 Å². The molecule has 0 bridgehead atoms. The Morgan fingerprint density at radius 2 is 0.781 bits per heavy atom. The molecular formula is C22H50O4S4Si2. The summed E-state index contributed by atoms with van der Waals surface area (Å²) in [6.45, 7) is 16.5. The highest BCUT2D eigenvalue weighted by atomic mass is 33.7. The van der Waals surface area contributed by atoms with Gasteiger partial charge in [0.15, 0.2) is 0 Å². The maximum atomic E-state index is 6.40. The normalized spacial score (nSPS) is 13.3. The second kappa shape index (κ2) is 23.1. The van der Waals surface area contributed by atoms with Crippen LogP contribution in [0.15, 0.2) is 0 Å². The molecule has 0 spiro atoms. The summed E-state index contributed by atoms with van der Waals surface area (Å²) < 4.78 is 24.8. The number of hydrogen-bond acceptors (Lipinski definition) is 8. The maximum absolute atomic E-state index is 6.40. The lowest BCUT2D eigenvalue weighted by atomic mass is 10.4. The summed E-state index contributed by atoms with van der Waals surface area (Å²) in [5.74, 6) is 0. The molecule has 0 aromatic carbocycles. The lowest BCUT2D eigenvalue weighted by Crippen LogP contribution is -2.39. The molecule has 0 N–H and O–H groups in total. The maximum Gasteiger partial charge on any atom is 0.200 e. The Labute approximate surface area is 219 Å². The van der Waals surface area contributed by atoms with E-state index in [1.54, 1.807) is 41.2 Å². The number of hydrogen-bond donors (Lipinski definition) is 0. The highest BCUT2D eigenvalue weighted by Gasteiger charge is 2.36. The minimum atomic E-state index is -0.511. The molecule has 0 saturated carbocycles. The van der Waals surface area contributed by atoms with Crippen molar-refractivity contribution < 1.29 is 18.9 Å². The highest BCUT2D eigenvalue weighted by molar-refractivity contribution is 9.26. The molecule has 0 saturated heterocycles. The first-order valence-corrected chi connectivity index (χ1v) is 21.1. The Morgan fingerprint density at radius 3 is 1.00 bits per heavy atom. The molecular weight excluding hydrogens is 513 g/mol. The van der Waals surface area contributed by atoms with E-state index in [0.717, 1.165) is 77.8 Å². The SMILES string of the molecule is CCCCOC(OCCCC)([SiH2]CC)SSSSC(OCCCC)(OCCCC)[SiH2]CC. The third-order valence-corrected chi connectivity index (χ3v) is 17.6. The molecule has 0 radical (unpaired) electrons. The van der Waals surface area contributed by atoms with Crippen LogP contribution < -0.4 is 0 Å². The van der Waals surface area contributed by atoms with Gasteiger partial charge in [-0.1, -0.05) is 79.3 Å². The van der Waals surface area contributed by atoms with Crippen molar-refractivity contribution in [3.05, 3.63) is 0 Å². The zero-order valence-electron chi connectivity index (χ0n) is 21.6. The molecule has 0 aliphatic heterocycles. The van der Waals surface area contributed by atoms with Gasteiger partial charge in [0, 0.05) is 0 Å². The Hall–Kier alpha value is 1.67. The van der Waals surface area contributed by atoms with Gasteiger partial charge in [-0.25, -0.2) is 0 Å². The summed E-state index contributed by atoms with van der Waals surface area (Å²) >= 11 is 0. The molecule has 0 atom stereocenters. The summed E-state index contributed by atoms with van der Waals surface area (Å²) in [7, 11) is 6.14. The summed E-state index contributed by atoms with van der Waals surface area (Å²) in [6.07, 6.45) is 8.95. The van der Waals surface area contributed by atoms with E-state index in [1.807, 2.05) is 0 Å². The van der Waals surface area contributed by atoms with Gasteiger partial charge in [0.1, 0.15) is 19.0 Å². The van der Waals surface area contributed by atoms with Crippen LogP contribution in [0.3, 0.4) is 0 Å². The largest absolute Gasteiger partial charge is 0.345 e. The average Bonchev–Trinajstić information content (AvgIpc) is 2.78. The fourth-order valence-electron chi connectivity index (χ4n) is 2.78. The second-order valence-electron chi connectivity index (χ2n) is 7.98. The molecule has 194 valence electrons. The van der Waals surface area contributed by atoms with Crippen LogP contribution in [0.1, 0.15) is 92.9 Å². The molecule has 0 rings (SSSR count). The quantitative estimate of drug-likeness (QED) is 0.0494. The molecule has 0 aromatic rings. The van der Waals surface area contributed by atoms with Crippen molar-refractivity contribution in [1.29, 1.82) is 0 Å². The molecule has 0 aromatic heterocycles. The van der Waals surface area contributed by atoms with E-state index in [2.05, 4.69) is 41.5 Å². The average molecular weight is 563 g/mol.